The lowest BCUT2D eigenvalue weighted by molar-refractivity contribution is -0.927. The summed E-state index contributed by atoms with van der Waals surface area (Å²) in [5.41, 5.74) is 0. The molecule has 0 spiro atoms. The number of hydrogen-bond donors (Lipinski definition) is 3. The molecule has 0 fully saturated rings. The lowest BCUT2D eigenvalue weighted by atomic mass is 9.95. The maximum atomic E-state index is 12.2. The zero-order chi connectivity index (χ0) is 28.8. The Balaban J connectivity index is 4.76. The molecule has 0 saturated carbocycles. The van der Waals surface area contributed by atoms with E-state index in [1.54, 1.807) is 27.0 Å². The fourth-order valence-corrected chi connectivity index (χ4v) is 5.90. The normalized spacial score (nSPS) is 15.7. The van der Waals surface area contributed by atoms with Crippen LogP contribution >= 0.6 is 0 Å². The first-order chi connectivity index (χ1) is 18.2. The van der Waals surface area contributed by atoms with Crippen LogP contribution in [0.5, 0.6) is 0 Å². The quantitative estimate of drug-likeness (QED) is 0.0753. The van der Waals surface area contributed by atoms with Crippen LogP contribution in [0.2, 0.25) is 0 Å². The fourth-order valence-electron chi connectivity index (χ4n) is 5.90. The first-order valence-electron chi connectivity index (χ1n) is 15.5. The largest absolute Gasteiger partial charge is 0.477 e. The zero-order valence-corrected chi connectivity index (χ0v) is 24.8. The van der Waals surface area contributed by atoms with Gasteiger partial charge in [0.15, 0.2) is 18.1 Å². The third-order valence-corrected chi connectivity index (χ3v) is 7.97. The standard InChI is InChI=1S/C31H57NO6/c1-5-9-10-11-12-13-14-15-16-17-18-19-20-21-22-23-24-25-32(26(6-2)29(33)34,27(7-3)30(35)36)28(8-4)31(37)38/h24-28H,5-23H2,1-4H3,(H2-,33,34,35,36,37,38)/p+1/b25-24+. The van der Waals surface area contributed by atoms with Crippen molar-refractivity contribution in [1.82, 2.24) is 0 Å². The second-order valence-electron chi connectivity index (χ2n) is 10.8. The third-order valence-electron chi connectivity index (χ3n) is 7.97. The van der Waals surface area contributed by atoms with Gasteiger partial charge in [-0.15, -0.1) is 0 Å². The molecule has 0 heterocycles. The Bertz CT molecular complexity index is 622. The molecule has 222 valence electrons. The number of quaternary nitrogens is 1. The zero-order valence-electron chi connectivity index (χ0n) is 24.8. The monoisotopic (exact) mass is 540 g/mol. The van der Waals surface area contributed by atoms with Gasteiger partial charge in [0.05, 0.1) is 6.20 Å². The lowest BCUT2D eigenvalue weighted by Gasteiger charge is -2.46. The second-order valence-corrected chi connectivity index (χ2v) is 10.8. The number of carboxylic acid groups (broad SMARTS) is 3. The fraction of sp³-hybridized carbons (Fsp3) is 0.839. The molecule has 0 aliphatic heterocycles. The van der Waals surface area contributed by atoms with E-state index in [1.807, 2.05) is 6.08 Å². The molecule has 7 nitrogen and oxygen atoms in total. The van der Waals surface area contributed by atoms with Crippen LogP contribution in [0.1, 0.15) is 150 Å². The van der Waals surface area contributed by atoms with E-state index in [4.69, 9.17) is 0 Å². The van der Waals surface area contributed by atoms with E-state index in [1.165, 1.54) is 77.0 Å². The summed E-state index contributed by atoms with van der Waals surface area (Å²) in [4.78, 5) is 36.6. The van der Waals surface area contributed by atoms with E-state index in [9.17, 15) is 29.7 Å². The highest BCUT2D eigenvalue weighted by Gasteiger charge is 2.55. The average Bonchev–Trinajstić information content (AvgIpc) is 2.86. The summed E-state index contributed by atoms with van der Waals surface area (Å²) in [5, 5.41) is 29.9. The molecule has 3 N–H and O–H groups in total. The van der Waals surface area contributed by atoms with Gasteiger partial charge in [0.1, 0.15) is 0 Å². The number of aliphatic carboxylic acids is 3. The lowest BCUT2D eigenvalue weighted by Crippen LogP contribution is -2.69. The molecule has 0 aliphatic carbocycles. The number of hydrogen-bond acceptors (Lipinski definition) is 3. The molecule has 3 atom stereocenters. The summed E-state index contributed by atoms with van der Waals surface area (Å²) >= 11 is 0. The molecule has 0 amide bonds. The van der Waals surface area contributed by atoms with Gasteiger partial charge in [0.2, 0.25) is 0 Å². The van der Waals surface area contributed by atoms with Gasteiger partial charge in [-0.25, -0.2) is 14.4 Å². The molecule has 38 heavy (non-hydrogen) atoms. The van der Waals surface area contributed by atoms with Gasteiger partial charge < -0.3 is 15.3 Å². The summed E-state index contributed by atoms with van der Waals surface area (Å²) in [7, 11) is 0. The number of rotatable bonds is 26. The Morgan fingerprint density at radius 1 is 0.526 bits per heavy atom. The molecule has 0 aromatic carbocycles. The number of carbonyl (C=O) groups is 3. The number of allylic oxidation sites excluding steroid dienone is 1. The van der Waals surface area contributed by atoms with Crippen molar-refractivity contribution in [2.75, 3.05) is 0 Å². The van der Waals surface area contributed by atoms with Crippen LogP contribution in [0.3, 0.4) is 0 Å². The van der Waals surface area contributed by atoms with Gasteiger partial charge in [0.25, 0.3) is 0 Å². The molecule has 3 unspecified atom stereocenters. The predicted molar refractivity (Wildman–Crippen MR) is 154 cm³/mol. The van der Waals surface area contributed by atoms with Crippen LogP contribution in [0.15, 0.2) is 12.3 Å². The Kier molecular flexibility index (Phi) is 20.9. The van der Waals surface area contributed by atoms with Crippen molar-refractivity contribution in [3.63, 3.8) is 0 Å². The molecule has 7 heteroatoms. The van der Waals surface area contributed by atoms with Crippen molar-refractivity contribution in [1.29, 1.82) is 0 Å². The SMILES string of the molecule is CCCCCCCCCCCCCCCCC/C=C/[N+](C(CC)C(=O)O)(C(CC)C(=O)O)C(CC)C(=O)O. The predicted octanol–water partition coefficient (Wildman–Crippen LogP) is 8.17. The van der Waals surface area contributed by atoms with Gasteiger partial charge in [-0.05, 0) is 18.9 Å². The van der Waals surface area contributed by atoms with Crippen LogP contribution in [0.25, 0.3) is 0 Å². The van der Waals surface area contributed by atoms with Gasteiger partial charge in [-0.3, -0.25) is 4.48 Å². The van der Waals surface area contributed by atoms with Gasteiger partial charge >= 0.3 is 17.9 Å². The van der Waals surface area contributed by atoms with Crippen LogP contribution < -0.4 is 0 Å². The number of unbranched alkanes of at least 4 members (excludes halogenated alkanes) is 15. The molecule has 0 saturated heterocycles. The molecule has 0 radical (unpaired) electrons. The summed E-state index contributed by atoms with van der Waals surface area (Å²) < 4.78 is -0.581. The van der Waals surface area contributed by atoms with Crippen LogP contribution in [0.4, 0.5) is 0 Å². The first-order valence-corrected chi connectivity index (χ1v) is 15.5. The van der Waals surface area contributed by atoms with Crippen molar-refractivity contribution in [2.24, 2.45) is 0 Å². The maximum absolute atomic E-state index is 12.2. The second kappa shape index (κ2) is 22.0. The van der Waals surface area contributed by atoms with E-state index < -0.39 is 40.5 Å². The molecule has 0 aliphatic rings. The minimum absolute atomic E-state index is 0.145. The Hall–Kier alpha value is -1.89. The Morgan fingerprint density at radius 3 is 1.08 bits per heavy atom. The Labute approximate surface area is 232 Å². The molecule has 0 bridgehead atoms. The highest BCUT2D eigenvalue weighted by atomic mass is 16.4. The van der Waals surface area contributed by atoms with Crippen molar-refractivity contribution >= 4 is 17.9 Å². The first kappa shape index (κ1) is 36.1. The number of carboxylic acids is 3. The minimum Gasteiger partial charge on any atom is -0.477 e. The summed E-state index contributed by atoms with van der Waals surface area (Å²) in [6, 6.07) is -3.43. The summed E-state index contributed by atoms with van der Waals surface area (Å²) in [6.07, 6.45) is 23.7. The van der Waals surface area contributed by atoms with Gasteiger partial charge in [-0.1, -0.05) is 118 Å². The van der Waals surface area contributed by atoms with E-state index >= 15 is 0 Å². The minimum atomic E-state index is -1.16. The van der Waals surface area contributed by atoms with Crippen molar-refractivity contribution in [2.45, 2.75) is 168 Å². The molecular weight excluding hydrogens is 482 g/mol. The topological polar surface area (TPSA) is 112 Å². The summed E-state index contributed by atoms with van der Waals surface area (Å²) in [6.45, 7) is 7.29. The summed E-state index contributed by atoms with van der Waals surface area (Å²) in [5.74, 6) is -3.49. The van der Waals surface area contributed by atoms with E-state index in [0.29, 0.717) is 6.42 Å². The van der Waals surface area contributed by atoms with Crippen LogP contribution in [-0.2, 0) is 14.4 Å². The molecule has 0 rings (SSSR count). The van der Waals surface area contributed by atoms with E-state index in [0.717, 1.165) is 19.3 Å². The Morgan fingerprint density at radius 2 is 0.816 bits per heavy atom. The van der Waals surface area contributed by atoms with Crippen molar-refractivity contribution < 1.29 is 34.2 Å². The van der Waals surface area contributed by atoms with E-state index in [2.05, 4.69) is 6.92 Å². The number of nitrogens with zero attached hydrogens (tertiary/aromatic N) is 1. The highest BCUT2D eigenvalue weighted by Crippen LogP contribution is 2.32. The third kappa shape index (κ3) is 12.8. The van der Waals surface area contributed by atoms with E-state index in [-0.39, 0.29) is 19.3 Å². The van der Waals surface area contributed by atoms with Crippen molar-refractivity contribution in [3.05, 3.63) is 12.3 Å². The maximum Gasteiger partial charge on any atom is 0.362 e. The van der Waals surface area contributed by atoms with Crippen LogP contribution in [-0.4, -0.2) is 55.8 Å². The van der Waals surface area contributed by atoms with Gasteiger partial charge in [0, 0.05) is 19.3 Å². The molecule has 0 aromatic rings. The molecular formula is C31H58NO6+. The van der Waals surface area contributed by atoms with Gasteiger partial charge in [-0.2, -0.15) is 0 Å². The van der Waals surface area contributed by atoms with Crippen LogP contribution in [0, 0.1) is 0 Å². The van der Waals surface area contributed by atoms with Crippen molar-refractivity contribution in [3.8, 4) is 0 Å². The highest BCUT2D eigenvalue weighted by molar-refractivity contribution is 5.78. The average molecular weight is 541 g/mol. The molecule has 0 aromatic heterocycles. The smallest absolute Gasteiger partial charge is 0.362 e.